The quantitative estimate of drug-likeness (QED) is 0.898. The Bertz CT molecular complexity index is 508. The van der Waals surface area contributed by atoms with Gasteiger partial charge in [-0.3, -0.25) is 14.5 Å². The van der Waals surface area contributed by atoms with Gasteiger partial charge < -0.3 is 10.1 Å². The van der Waals surface area contributed by atoms with Crippen LogP contribution in [-0.4, -0.2) is 38.1 Å². The van der Waals surface area contributed by atoms with Crippen LogP contribution in [0.1, 0.15) is 17.5 Å². The number of aryl methyl sites for hydroxylation is 2. The van der Waals surface area contributed by atoms with E-state index < -0.39 is 6.04 Å². The second-order valence-electron chi connectivity index (χ2n) is 5.03. The summed E-state index contributed by atoms with van der Waals surface area (Å²) in [6, 6.07) is 5.39. The molecule has 108 valence electrons. The predicted molar refractivity (Wildman–Crippen MR) is 76.7 cm³/mol. The van der Waals surface area contributed by atoms with Crippen molar-refractivity contribution in [2.24, 2.45) is 0 Å². The molecule has 0 aromatic heterocycles. The molecule has 1 aromatic rings. The molecule has 0 saturated carbocycles. The van der Waals surface area contributed by atoms with Gasteiger partial charge in [0.1, 0.15) is 12.6 Å². The summed E-state index contributed by atoms with van der Waals surface area (Å²) in [4.78, 5) is 26.0. The summed E-state index contributed by atoms with van der Waals surface area (Å²) in [6.07, 6.45) is 0.627. The monoisotopic (exact) mass is 276 g/mol. The van der Waals surface area contributed by atoms with Crippen molar-refractivity contribution in [1.82, 2.24) is 5.32 Å². The molecule has 5 nitrogen and oxygen atoms in total. The number of hydrogen-bond donors (Lipinski definition) is 1. The Balaban J connectivity index is 2.46. The van der Waals surface area contributed by atoms with Crippen molar-refractivity contribution >= 4 is 17.5 Å². The minimum atomic E-state index is -0.447. The number of hydrogen-bond acceptors (Lipinski definition) is 3. The summed E-state index contributed by atoms with van der Waals surface area (Å²) in [6.45, 7) is 4.47. The van der Waals surface area contributed by atoms with Crippen LogP contribution in [0.15, 0.2) is 18.2 Å². The van der Waals surface area contributed by atoms with E-state index in [0.29, 0.717) is 13.0 Å². The van der Waals surface area contributed by atoms with Crippen LogP contribution in [0.3, 0.4) is 0 Å². The van der Waals surface area contributed by atoms with Crippen LogP contribution in [0.5, 0.6) is 0 Å². The fourth-order valence-corrected chi connectivity index (χ4v) is 2.66. The Kier molecular flexibility index (Phi) is 4.39. The lowest BCUT2D eigenvalue weighted by atomic mass is 10.0. The van der Waals surface area contributed by atoms with E-state index in [2.05, 4.69) is 5.32 Å². The number of nitrogens with zero attached hydrogens (tertiary/aromatic N) is 1. The molecule has 2 amide bonds. The third kappa shape index (κ3) is 2.67. The van der Waals surface area contributed by atoms with Crippen molar-refractivity contribution in [3.63, 3.8) is 0 Å². The zero-order chi connectivity index (χ0) is 14.7. The summed E-state index contributed by atoms with van der Waals surface area (Å²) in [5.41, 5.74) is 2.78. The lowest BCUT2D eigenvalue weighted by Crippen LogP contribution is -2.47. The molecule has 1 saturated heterocycles. The molecule has 1 N–H and O–H groups in total. The fourth-order valence-electron chi connectivity index (χ4n) is 2.66. The van der Waals surface area contributed by atoms with E-state index in [1.807, 2.05) is 32.0 Å². The number of carbonyl (C=O) groups is 2. The van der Waals surface area contributed by atoms with Gasteiger partial charge in [0.15, 0.2) is 0 Å². The number of amides is 2. The molecule has 1 heterocycles. The van der Waals surface area contributed by atoms with Crippen molar-refractivity contribution < 1.29 is 14.3 Å². The Labute approximate surface area is 118 Å². The van der Waals surface area contributed by atoms with Crippen LogP contribution < -0.4 is 10.2 Å². The van der Waals surface area contributed by atoms with Gasteiger partial charge >= 0.3 is 0 Å². The molecule has 1 aromatic carbocycles. The van der Waals surface area contributed by atoms with Gasteiger partial charge in [-0.1, -0.05) is 18.2 Å². The molecule has 0 bridgehead atoms. The number of methoxy groups -OCH3 is 1. The molecule has 0 radical (unpaired) electrons. The van der Waals surface area contributed by atoms with Gasteiger partial charge in [0.05, 0.1) is 5.69 Å². The Morgan fingerprint density at radius 3 is 2.55 bits per heavy atom. The Hall–Kier alpha value is -1.88. The summed E-state index contributed by atoms with van der Waals surface area (Å²) in [7, 11) is 1.48. The number of anilines is 1. The molecule has 1 unspecified atom stereocenters. The van der Waals surface area contributed by atoms with Crippen LogP contribution >= 0.6 is 0 Å². The van der Waals surface area contributed by atoms with E-state index in [1.165, 1.54) is 7.11 Å². The van der Waals surface area contributed by atoms with Crippen LogP contribution in [0.2, 0.25) is 0 Å². The van der Waals surface area contributed by atoms with Gasteiger partial charge in [0.2, 0.25) is 5.91 Å². The first-order valence-electron chi connectivity index (χ1n) is 6.71. The van der Waals surface area contributed by atoms with Gasteiger partial charge in [-0.25, -0.2) is 0 Å². The van der Waals surface area contributed by atoms with Crippen molar-refractivity contribution in [2.75, 3.05) is 25.2 Å². The topological polar surface area (TPSA) is 58.6 Å². The Morgan fingerprint density at radius 2 is 2.05 bits per heavy atom. The fraction of sp³-hybridized carbons (Fsp3) is 0.467. The van der Waals surface area contributed by atoms with E-state index in [1.54, 1.807) is 4.90 Å². The summed E-state index contributed by atoms with van der Waals surface area (Å²) in [5.74, 6) is -0.288. The molecule has 1 fully saturated rings. The maximum Gasteiger partial charge on any atom is 0.253 e. The van der Waals surface area contributed by atoms with Crippen LogP contribution in [-0.2, 0) is 14.3 Å². The zero-order valence-electron chi connectivity index (χ0n) is 12.1. The van der Waals surface area contributed by atoms with E-state index >= 15 is 0 Å². The van der Waals surface area contributed by atoms with Crippen LogP contribution in [0, 0.1) is 13.8 Å². The van der Waals surface area contributed by atoms with Gasteiger partial charge in [-0.15, -0.1) is 0 Å². The SMILES string of the molecule is COCC(=O)N(c1c(C)cccc1C)C1CCNC1=O. The first kappa shape index (κ1) is 14.5. The molecule has 1 atom stereocenters. The molecule has 5 heteroatoms. The minimum Gasteiger partial charge on any atom is -0.375 e. The Morgan fingerprint density at radius 1 is 1.40 bits per heavy atom. The molecule has 0 aliphatic carbocycles. The maximum atomic E-state index is 12.4. The number of benzene rings is 1. The second kappa shape index (κ2) is 6.05. The highest BCUT2D eigenvalue weighted by atomic mass is 16.5. The van der Waals surface area contributed by atoms with E-state index in [-0.39, 0.29) is 18.4 Å². The van der Waals surface area contributed by atoms with Crippen molar-refractivity contribution in [3.8, 4) is 0 Å². The van der Waals surface area contributed by atoms with Crippen molar-refractivity contribution in [3.05, 3.63) is 29.3 Å². The van der Waals surface area contributed by atoms with Crippen molar-refractivity contribution in [1.29, 1.82) is 0 Å². The first-order valence-corrected chi connectivity index (χ1v) is 6.71. The highest BCUT2D eigenvalue weighted by molar-refractivity contribution is 6.03. The number of nitrogens with one attached hydrogen (secondary N) is 1. The summed E-state index contributed by atoms with van der Waals surface area (Å²) in [5, 5.41) is 2.78. The van der Waals surface area contributed by atoms with E-state index in [9.17, 15) is 9.59 Å². The van der Waals surface area contributed by atoms with Gasteiger partial charge in [0, 0.05) is 13.7 Å². The number of carbonyl (C=O) groups excluding carboxylic acids is 2. The average Bonchev–Trinajstić information content (AvgIpc) is 2.80. The number of para-hydroxylation sites is 1. The second-order valence-corrected chi connectivity index (χ2v) is 5.03. The van der Waals surface area contributed by atoms with Crippen LogP contribution in [0.25, 0.3) is 0 Å². The molecular formula is C15H20N2O3. The molecule has 0 spiro atoms. The predicted octanol–water partition coefficient (Wildman–Crippen LogP) is 1.17. The molecule has 1 aliphatic rings. The third-order valence-corrected chi connectivity index (χ3v) is 3.55. The van der Waals surface area contributed by atoms with Gasteiger partial charge in [-0.05, 0) is 31.4 Å². The number of ether oxygens (including phenoxy) is 1. The molecular weight excluding hydrogens is 256 g/mol. The van der Waals surface area contributed by atoms with Crippen LogP contribution in [0.4, 0.5) is 5.69 Å². The normalized spacial score (nSPS) is 17.9. The highest BCUT2D eigenvalue weighted by Gasteiger charge is 2.35. The lowest BCUT2D eigenvalue weighted by molar-refractivity contribution is -0.126. The van der Waals surface area contributed by atoms with E-state index in [0.717, 1.165) is 16.8 Å². The van der Waals surface area contributed by atoms with Crippen molar-refractivity contribution in [2.45, 2.75) is 26.3 Å². The average molecular weight is 276 g/mol. The summed E-state index contributed by atoms with van der Waals surface area (Å²) < 4.78 is 4.96. The largest absolute Gasteiger partial charge is 0.375 e. The smallest absolute Gasteiger partial charge is 0.253 e. The summed E-state index contributed by atoms with van der Waals surface area (Å²) >= 11 is 0. The lowest BCUT2D eigenvalue weighted by Gasteiger charge is -2.30. The van der Waals surface area contributed by atoms with Gasteiger partial charge in [0.25, 0.3) is 5.91 Å². The van der Waals surface area contributed by atoms with Gasteiger partial charge in [-0.2, -0.15) is 0 Å². The first-order chi connectivity index (χ1) is 9.56. The maximum absolute atomic E-state index is 12.4. The molecule has 2 rings (SSSR count). The third-order valence-electron chi connectivity index (χ3n) is 3.55. The number of rotatable bonds is 4. The standard InChI is InChI=1S/C15H20N2O3/c1-10-5-4-6-11(2)14(10)17(13(18)9-20-3)12-7-8-16-15(12)19/h4-6,12H,7-9H2,1-3H3,(H,16,19). The minimum absolute atomic E-state index is 0.0302. The zero-order valence-corrected chi connectivity index (χ0v) is 12.1. The molecule has 20 heavy (non-hydrogen) atoms. The molecule has 1 aliphatic heterocycles. The van der Waals surface area contributed by atoms with E-state index in [4.69, 9.17) is 4.74 Å². The highest BCUT2D eigenvalue weighted by Crippen LogP contribution is 2.28.